The molecule has 17 heavy (non-hydrogen) atoms. The van der Waals surface area contributed by atoms with Crippen LogP contribution in [0.3, 0.4) is 0 Å². The van der Waals surface area contributed by atoms with E-state index in [1.165, 1.54) is 0 Å². The van der Waals surface area contributed by atoms with Crippen LogP contribution < -0.4 is 69.5 Å². The van der Waals surface area contributed by atoms with Gasteiger partial charge in [0.1, 0.15) is 0 Å². The number of carbonyl (C=O) groups is 1. The molecule has 92 valence electrons. The predicted octanol–water partition coefficient (Wildman–Crippen LogP) is -9.83. The molecule has 0 fully saturated rings. The Kier molecular flexibility index (Phi) is 18.8. The maximum atomic E-state index is 9.51. The SMILES string of the molecule is O=C([O-])O[O-].O=S(=O)(O)OOS(=O)(=O)O.[Na+].[Na+]. The van der Waals surface area contributed by atoms with Gasteiger partial charge in [0.05, 0.1) is 0 Å². The minimum Gasteiger partial charge on any atom is -0.755 e. The summed E-state index contributed by atoms with van der Waals surface area (Å²) in [4.78, 5) is 11.0. The quantitative estimate of drug-likeness (QED) is 0.216. The molecule has 2 N–H and O–H groups in total. The van der Waals surface area contributed by atoms with Crippen molar-refractivity contribution in [2.24, 2.45) is 0 Å². The molecule has 0 aliphatic rings. The summed E-state index contributed by atoms with van der Waals surface area (Å²) in [6.45, 7) is 0. The van der Waals surface area contributed by atoms with E-state index in [9.17, 15) is 16.8 Å². The number of carboxylic acid groups (broad SMARTS) is 1. The fourth-order valence-electron chi connectivity index (χ4n) is 0.0702. The van der Waals surface area contributed by atoms with E-state index in [2.05, 4.69) is 13.6 Å². The molecule has 0 aromatic heterocycles. The molecule has 16 heteroatoms. The Labute approximate surface area is 139 Å². The summed E-state index contributed by atoms with van der Waals surface area (Å²) in [5.41, 5.74) is 0. The molecule has 0 bridgehead atoms. The van der Waals surface area contributed by atoms with E-state index >= 15 is 0 Å². The molecule has 0 saturated carbocycles. The molecule has 0 aromatic carbocycles. The molecule has 0 aliphatic carbocycles. The third-order valence-corrected chi connectivity index (χ3v) is 0.834. The summed E-state index contributed by atoms with van der Waals surface area (Å²) in [6.07, 6.45) is -2.05. The van der Waals surface area contributed by atoms with Gasteiger partial charge in [0.25, 0.3) is 0 Å². The molecule has 0 radical (unpaired) electrons. The normalized spacial score (nSPS) is 9.82. The van der Waals surface area contributed by atoms with Crippen LogP contribution in [0.2, 0.25) is 0 Å². The van der Waals surface area contributed by atoms with Crippen LogP contribution in [-0.4, -0.2) is 32.1 Å². The van der Waals surface area contributed by atoms with Crippen molar-refractivity contribution < 1.29 is 114 Å². The number of rotatable bonds is 3. The molecular weight excluding hydrogens is 314 g/mol. The Balaban J connectivity index is -0.000000105. The zero-order valence-corrected chi connectivity index (χ0v) is 13.9. The Morgan fingerprint density at radius 1 is 0.941 bits per heavy atom. The fourth-order valence-corrected chi connectivity index (χ4v) is 0.632. The maximum Gasteiger partial charge on any atom is 1.00 e. The molecule has 0 spiro atoms. The van der Waals surface area contributed by atoms with Gasteiger partial charge in [-0.05, 0) is 0 Å². The number of hydrogen-bond donors (Lipinski definition) is 2. The molecular formula is CH2Na2O12S2. The first-order valence-electron chi connectivity index (χ1n) is 2.31. The zero-order chi connectivity index (χ0) is 12.7. The van der Waals surface area contributed by atoms with Crippen LogP contribution >= 0.6 is 0 Å². The average molecular weight is 316 g/mol. The van der Waals surface area contributed by atoms with Crippen LogP contribution in [-0.2, 0) is 34.4 Å². The van der Waals surface area contributed by atoms with Gasteiger partial charge >= 0.3 is 79.9 Å². The van der Waals surface area contributed by atoms with Crippen LogP contribution in [0.25, 0.3) is 0 Å². The molecule has 0 aromatic rings. The van der Waals surface area contributed by atoms with Gasteiger partial charge in [0.15, 0.2) is 0 Å². The maximum absolute atomic E-state index is 9.51. The second kappa shape index (κ2) is 12.0. The topological polar surface area (TPSA) is 200 Å². The number of carbonyl (C=O) groups excluding carboxylic acids is 1. The summed E-state index contributed by atoms with van der Waals surface area (Å²) in [6, 6.07) is 0. The molecule has 0 saturated heterocycles. The van der Waals surface area contributed by atoms with E-state index < -0.39 is 27.0 Å². The summed E-state index contributed by atoms with van der Waals surface area (Å²) >= 11 is 0. The molecule has 0 rings (SSSR count). The Hall–Kier alpha value is 0.970. The van der Waals surface area contributed by atoms with Crippen molar-refractivity contribution in [1.29, 1.82) is 0 Å². The Bertz CT molecular complexity index is 347. The van der Waals surface area contributed by atoms with Gasteiger partial charge in [0, 0.05) is 0 Å². The first kappa shape index (κ1) is 26.5. The minimum atomic E-state index is -5.02. The van der Waals surface area contributed by atoms with Crippen molar-refractivity contribution in [2.45, 2.75) is 0 Å². The Morgan fingerprint density at radius 2 is 1.12 bits per heavy atom. The third-order valence-electron chi connectivity index (χ3n) is 0.268. The van der Waals surface area contributed by atoms with E-state index in [0.717, 1.165) is 0 Å². The smallest absolute Gasteiger partial charge is 0.755 e. The van der Waals surface area contributed by atoms with E-state index in [4.69, 9.17) is 24.3 Å². The summed E-state index contributed by atoms with van der Waals surface area (Å²) < 4.78 is 58.9. The second-order valence-electron chi connectivity index (χ2n) is 1.32. The molecule has 0 unspecified atom stereocenters. The van der Waals surface area contributed by atoms with Crippen LogP contribution in [0.4, 0.5) is 4.79 Å². The Morgan fingerprint density at radius 3 is 1.18 bits per heavy atom. The predicted molar refractivity (Wildman–Crippen MR) is 31.7 cm³/mol. The van der Waals surface area contributed by atoms with Gasteiger partial charge in [-0.2, -0.15) is 16.8 Å². The van der Waals surface area contributed by atoms with E-state index in [1.807, 2.05) is 0 Å². The van der Waals surface area contributed by atoms with E-state index in [0.29, 0.717) is 0 Å². The zero-order valence-electron chi connectivity index (χ0n) is 8.29. The van der Waals surface area contributed by atoms with Gasteiger partial charge in [0.2, 0.25) is 6.16 Å². The van der Waals surface area contributed by atoms with Crippen molar-refractivity contribution in [3.63, 3.8) is 0 Å². The average Bonchev–Trinajstić information content (AvgIpc) is 2.00. The van der Waals surface area contributed by atoms with Crippen LogP contribution in [0.15, 0.2) is 0 Å². The third kappa shape index (κ3) is 38.3. The van der Waals surface area contributed by atoms with Gasteiger partial charge in [-0.1, -0.05) is 8.67 Å². The van der Waals surface area contributed by atoms with E-state index in [1.54, 1.807) is 0 Å². The van der Waals surface area contributed by atoms with Crippen LogP contribution in [0.5, 0.6) is 0 Å². The van der Waals surface area contributed by atoms with Gasteiger partial charge in [-0.25, -0.2) is 0 Å². The summed E-state index contributed by atoms with van der Waals surface area (Å²) in [5, 5.41) is 17.2. The van der Waals surface area contributed by atoms with Crippen LogP contribution in [0.1, 0.15) is 0 Å². The van der Waals surface area contributed by atoms with Gasteiger partial charge < -0.3 is 20.0 Å². The van der Waals surface area contributed by atoms with Crippen molar-refractivity contribution in [3.8, 4) is 0 Å². The molecule has 0 amide bonds. The van der Waals surface area contributed by atoms with Crippen molar-refractivity contribution in [3.05, 3.63) is 0 Å². The van der Waals surface area contributed by atoms with Crippen molar-refractivity contribution in [2.75, 3.05) is 0 Å². The van der Waals surface area contributed by atoms with Gasteiger partial charge in [-0.3, -0.25) is 9.11 Å². The molecule has 0 aliphatic heterocycles. The summed E-state index contributed by atoms with van der Waals surface area (Å²) in [5.74, 6) is 0. The first-order chi connectivity index (χ1) is 6.48. The standard InChI is InChI=1S/CH2O4.2Na.H2O8S2/c2-1(3)5-4;;;1-9(2,3)7-8-10(4,5)6/h4H,(H,2,3);;;(H,1,2,3)(H,4,5,6)/q;2*+1;/p-2. The monoisotopic (exact) mass is 316 g/mol. The van der Waals surface area contributed by atoms with Crippen molar-refractivity contribution >= 4 is 27.0 Å². The summed E-state index contributed by atoms with van der Waals surface area (Å²) in [7, 11) is -10.0. The first-order valence-corrected chi connectivity index (χ1v) is 5.04. The molecule has 0 heterocycles. The molecule has 12 nitrogen and oxygen atoms in total. The van der Waals surface area contributed by atoms with E-state index in [-0.39, 0.29) is 59.1 Å². The number of hydrogen-bond acceptors (Lipinski definition) is 10. The van der Waals surface area contributed by atoms with Crippen LogP contribution in [0, 0.1) is 0 Å². The van der Waals surface area contributed by atoms with Crippen molar-refractivity contribution in [1.82, 2.24) is 0 Å². The minimum absolute atomic E-state index is 0. The second-order valence-corrected chi connectivity index (χ2v) is 3.31. The largest absolute Gasteiger partial charge is 1.00 e. The molecule has 0 atom stereocenters. The van der Waals surface area contributed by atoms with Gasteiger partial charge in [-0.15, -0.1) is 0 Å². The fraction of sp³-hybridized carbons (Fsp3) is 0.